The van der Waals surface area contributed by atoms with Crippen LogP contribution in [0.5, 0.6) is 17.2 Å². The predicted molar refractivity (Wildman–Crippen MR) is 154 cm³/mol. The van der Waals surface area contributed by atoms with Crippen LogP contribution in [0.4, 0.5) is 0 Å². The highest BCUT2D eigenvalue weighted by atomic mass is 79.9. The van der Waals surface area contributed by atoms with Crippen molar-refractivity contribution in [3.8, 4) is 17.2 Å². The quantitative estimate of drug-likeness (QED) is 0.323. The van der Waals surface area contributed by atoms with Gasteiger partial charge in [-0.25, -0.2) is 9.79 Å². The van der Waals surface area contributed by atoms with Crippen molar-refractivity contribution in [2.75, 3.05) is 20.3 Å². The molecule has 4 rings (SSSR count). The van der Waals surface area contributed by atoms with Gasteiger partial charge in [-0.05, 0) is 92.0 Å². The largest absolute Gasteiger partial charge is 0.493 e. The number of aromatic nitrogens is 1. The predicted octanol–water partition coefficient (Wildman–Crippen LogP) is 4.76. The van der Waals surface area contributed by atoms with Crippen LogP contribution in [0.25, 0.3) is 6.08 Å². The van der Waals surface area contributed by atoms with Gasteiger partial charge < -0.3 is 18.9 Å². The Morgan fingerprint density at radius 2 is 1.87 bits per heavy atom. The number of allylic oxidation sites excluding steroid dienone is 1. The van der Waals surface area contributed by atoms with E-state index in [0.717, 1.165) is 15.8 Å². The van der Waals surface area contributed by atoms with E-state index in [0.29, 0.717) is 44.3 Å². The number of benzene rings is 2. The van der Waals surface area contributed by atoms with E-state index in [9.17, 15) is 9.59 Å². The molecule has 0 aliphatic carbocycles. The first-order valence-electron chi connectivity index (χ1n) is 12.6. The Balaban J connectivity index is 1.91. The smallest absolute Gasteiger partial charge is 0.338 e. The first-order valence-corrected chi connectivity index (χ1v) is 14.3. The number of thiazole rings is 1. The van der Waals surface area contributed by atoms with Crippen molar-refractivity contribution in [1.82, 2.24) is 4.57 Å². The van der Waals surface area contributed by atoms with Crippen molar-refractivity contribution in [1.29, 1.82) is 0 Å². The topological polar surface area (TPSA) is 88.4 Å². The highest BCUT2D eigenvalue weighted by Gasteiger charge is 2.34. The molecule has 0 bridgehead atoms. The normalized spacial score (nSPS) is 15.2. The second-order valence-corrected chi connectivity index (χ2v) is 10.9. The van der Waals surface area contributed by atoms with Crippen LogP contribution in [0, 0.1) is 0 Å². The number of methoxy groups -OCH3 is 1. The van der Waals surface area contributed by atoms with Crippen LogP contribution in [0.1, 0.15) is 51.8 Å². The fourth-order valence-corrected chi connectivity index (χ4v) is 5.90. The van der Waals surface area contributed by atoms with Crippen LogP contribution in [0.2, 0.25) is 0 Å². The Hall–Kier alpha value is -3.37. The molecule has 1 aliphatic heterocycles. The average Bonchev–Trinajstić information content (AvgIpc) is 3.19. The minimum absolute atomic E-state index is 0.0534. The van der Waals surface area contributed by atoms with Gasteiger partial charge in [-0.15, -0.1) is 0 Å². The highest BCUT2D eigenvalue weighted by molar-refractivity contribution is 9.10. The lowest BCUT2D eigenvalue weighted by Crippen LogP contribution is -2.40. The van der Waals surface area contributed by atoms with Gasteiger partial charge in [0, 0.05) is 0 Å². The number of hydrogen-bond donors (Lipinski definition) is 0. The number of halogens is 1. The van der Waals surface area contributed by atoms with E-state index < -0.39 is 12.0 Å². The van der Waals surface area contributed by atoms with Crippen molar-refractivity contribution < 1.29 is 23.7 Å². The first-order chi connectivity index (χ1) is 18.7. The molecular formula is C29H31BrN2O6S. The molecule has 8 nitrogen and oxygen atoms in total. The molecule has 2 aromatic carbocycles. The van der Waals surface area contributed by atoms with Crippen molar-refractivity contribution in [3.63, 3.8) is 0 Å². The van der Waals surface area contributed by atoms with E-state index in [4.69, 9.17) is 18.9 Å². The number of fused-ring (bicyclic) bond motifs is 1. The van der Waals surface area contributed by atoms with Gasteiger partial charge in [0.15, 0.2) is 16.3 Å². The number of esters is 1. The second kappa shape index (κ2) is 12.2. The summed E-state index contributed by atoms with van der Waals surface area (Å²) in [7, 11) is 1.56. The van der Waals surface area contributed by atoms with Crippen molar-refractivity contribution >= 4 is 39.3 Å². The third-order valence-corrected chi connectivity index (χ3v) is 7.54. The first kappa shape index (κ1) is 28.6. The van der Waals surface area contributed by atoms with Crippen molar-refractivity contribution in [3.05, 3.63) is 83.0 Å². The average molecular weight is 616 g/mol. The molecule has 39 heavy (non-hydrogen) atoms. The maximum Gasteiger partial charge on any atom is 0.338 e. The number of hydrogen-bond acceptors (Lipinski definition) is 8. The van der Waals surface area contributed by atoms with E-state index in [-0.39, 0.29) is 18.3 Å². The number of carbonyl (C=O) groups is 1. The molecule has 10 heteroatoms. The number of rotatable bonds is 9. The van der Waals surface area contributed by atoms with Crippen LogP contribution in [0.15, 0.2) is 61.9 Å². The molecule has 0 N–H and O–H groups in total. The number of ether oxygens (including phenoxy) is 4. The summed E-state index contributed by atoms with van der Waals surface area (Å²) >= 11 is 4.80. The van der Waals surface area contributed by atoms with E-state index >= 15 is 0 Å². The Kier molecular flexibility index (Phi) is 8.97. The highest BCUT2D eigenvalue weighted by Crippen LogP contribution is 2.36. The fraction of sp³-hybridized carbons (Fsp3) is 0.345. The third-order valence-electron chi connectivity index (χ3n) is 5.94. The Morgan fingerprint density at radius 3 is 2.51 bits per heavy atom. The van der Waals surface area contributed by atoms with E-state index in [1.807, 2.05) is 51.1 Å². The molecule has 0 spiro atoms. The molecule has 1 aliphatic rings. The lowest BCUT2D eigenvalue weighted by Gasteiger charge is -2.25. The summed E-state index contributed by atoms with van der Waals surface area (Å²) in [5, 5.41) is 0. The van der Waals surface area contributed by atoms with Gasteiger partial charge >= 0.3 is 5.97 Å². The van der Waals surface area contributed by atoms with Gasteiger partial charge in [0.25, 0.3) is 5.56 Å². The molecule has 0 saturated carbocycles. The molecule has 0 unspecified atom stereocenters. The maximum absolute atomic E-state index is 13.9. The Morgan fingerprint density at radius 1 is 1.13 bits per heavy atom. The van der Waals surface area contributed by atoms with Crippen LogP contribution in [-0.2, 0) is 9.53 Å². The van der Waals surface area contributed by atoms with Gasteiger partial charge in [-0.1, -0.05) is 23.5 Å². The Bertz CT molecular complexity index is 1600. The molecule has 1 aromatic heterocycles. The molecule has 206 valence electrons. The molecule has 0 radical (unpaired) electrons. The van der Waals surface area contributed by atoms with Crippen LogP contribution in [-0.4, -0.2) is 37.0 Å². The zero-order valence-electron chi connectivity index (χ0n) is 22.7. The molecule has 2 heterocycles. The standard InChI is InChI=1S/C29H31BrN2O6S/c1-7-36-21-11-9-18(13-20(21)30)14-24-27(33)32-26(19-10-12-22(38-16(3)4)23(15-19)35-6)25(28(34)37-8-2)17(5)31-29(32)39-24/h9-16,26H,7-8H2,1-6H3/b24-14-/t26-/m1/s1. The number of nitrogens with zero attached hydrogens (tertiary/aromatic N) is 2. The van der Waals surface area contributed by atoms with E-state index in [1.54, 1.807) is 37.7 Å². The summed E-state index contributed by atoms with van der Waals surface area (Å²) in [5.41, 5.74) is 2.04. The lowest BCUT2D eigenvalue weighted by molar-refractivity contribution is -0.139. The summed E-state index contributed by atoms with van der Waals surface area (Å²) in [6.45, 7) is 10.0. The summed E-state index contributed by atoms with van der Waals surface area (Å²) in [6.07, 6.45) is 1.76. The van der Waals surface area contributed by atoms with Gasteiger partial charge in [0.2, 0.25) is 0 Å². The minimum atomic E-state index is -0.753. The minimum Gasteiger partial charge on any atom is -0.493 e. The van der Waals surface area contributed by atoms with Crippen LogP contribution < -0.4 is 29.1 Å². The van der Waals surface area contributed by atoms with E-state index in [2.05, 4.69) is 20.9 Å². The summed E-state index contributed by atoms with van der Waals surface area (Å²) in [5.74, 6) is 1.28. The molecule has 0 fully saturated rings. The molecule has 0 saturated heterocycles. The SMILES string of the molecule is CCOC(=O)C1=C(C)N=c2s/c(=C\c3ccc(OCC)c(Br)c3)c(=O)n2[C@@H]1c1ccc(OC(C)C)c(OC)c1. The van der Waals surface area contributed by atoms with Gasteiger partial charge in [-0.3, -0.25) is 9.36 Å². The summed E-state index contributed by atoms with van der Waals surface area (Å²) in [4.78, 5) is 32.2. The Labute approximate surface area is 239 Å². The number of carbonyl (C=O) groups excluding carboxylic acids is 1. The van der Waals surface area contributed by atoms with Crippen LogP contribution in [0.3, 0.4) is 0 Å². The van der Waals surface area contributed by atoms with Crippen LogP contribution >= 0.6 is 27.3 Å². The third kappa shape index (κ3) is 5.96. The summed E-state index contributed by atoms with van der Waals surface area (Å²) < 4.78 is 25.3. The van der Waals surface area contributed by atoms with E-state index in [1.165, 1.54) is 11.3 Å². The second-order valence-electron chi connectivity index (χ2n) is 9.00. The van der Waals surface area contributed by atoms with Crippen molar-refractivity contribution in [2.24, 2.45) is 4.99 Å². The van der Waals surface area contributed by atoms with Gasteiger partial charge in [0.05, 0.1) is 52.7 Å². The molecule has 1 atom stereocenters. The zero-order chi connectivity index (χ0) is 28.3. The zero-order valence-corrected chi connectivity index (χ0v) is 25.1. The van der Waals surface area contributed by atoms with Gasteiger partial charge in [-0.2, -0.15) is 0 Å². The van der Waals surface area contributed by atoms with Gasteiger partial charge in [0.1, 0.15) is 5.75 Å². The fourth-order valence-electron chi connectivity index (χ4n) is 4.34. The monoisotopic (exact) mass is 614 g/mol. The summed E-state index contributed by atoms with van der Waals surface area (Å²) in [6, 6.07) is 10.3. The maximum atomic E-state index is 13.9. The molecule has 0 amide bonds. The lowest BCUT2D eigenvalue weighted by atomic mass is 9.95. The van der Waals surface area contributed by atoms with Crippen molar-refractivity contribution in [2.45, 2.75) is 46.8 Å². The molecular weight excluding hydrogens is 584 g/mol. The molecule has 3 aromatic rings.